The van der Waals surface area contributed by atoms with Gasteiger partial charge in [0, 0.05) is 19.2 Å². The highest BCUT2D eigenvalue weighted by Gasteiger charge is 2.20. The number of amides is 1. The van der Waals surface area contributed by atoms with Gasteiger partial charge in [-0.3, -0.25) is 9.48 Å². The molecule has 0 bridgehead atoms. The van der Waals surface area contributed by atoms with Crippen LogP contribution in [0.2, 0.25) is 0 Å². The molecule has 0 saturated carbocycles. The van der Waals surface area contributed by atoms with Crippen LogP contribution in [0.1, 0.15) is 32.1 Å². The van der Waals surface area contributed by atoms with Gasteiger partial charge in [0.05, 0.1) is 23.8 Å². The van der Waals surface area contributed by atoms with Gasteiger partial charge in [-0.05, 0) is 25.5 Å². The van der Waals surface area contributed by atoms with Gasteiger partial charge in [0.2, 0.25) is 5.91 Å². The SMILES string of the molecule is CCCc1nc2ccccc2n1[C@H](C)C(=O)NCCn1ccnn1. The van der Waals surface area contributed by atoms with E-state index in [0.717, 1.165) is 29.7 Å². The van der Waals surface area contributed by atoms with E-state index in [0.29, 0.717) is 13.1 Å². The molecule has 7 heteroatoms. The third-order valence-corrected chi connectivity index (χ3v) is 4.02. The molecule has 0 radical (unpaired) electrons. The predicted octanol–water partition coefficient (Wildman–Crippen LogP) is 1.96. The predicted molar refractivity (Wildman–Crippen MR) is 91.5 cm³/mol. The fourth-order valence-electron chi connectivity index (χ4n) is 2.84. The van der Waals surface area contributed by atoms with Crippen LogP contribution in [-0.2, 0) is 17.8 Å². The van der Waals surface area contributed by atoms with Gasteiger partial charge in [-0.15, -0.1) is 5.10 Å². The molecule has 1 N–H and O–H groups in total. The van der Waals surface area contributed by atoms with E-state index in [4.69, 9.17) is 0 Å². The number of hydrogen-bond donors (Lipinski definition) is 1. The van der Waals surface area contributed by atoms with Crippen molar-refractivity contribution in [3.8, 4) is 0 Å². The first-order valence-corrected chi connectivity index (χ1v) is 8.28. The average Bonchev–Trinajstić information content (AvgIpc) is 3.21. The zero-order chi connectivity index (χ0) is 16.9. The smallest absolute Gasteiger partial charge is 0.242 e. The van der Waals surface area contributed by atoms with Gasteiger partial charge < -0.3 is 9.88 Å². The number of para-hydroxylation sites is 2. The van der Waals surface area contributed by atoms with Crippen LogP contribution in [0.5, 0.6) is 0 Å². The molecule has 1 aromatic carbocycles. The second kappa shape index (κ2) is 7.25. The molecule has 0 aliphatic rings. The molecule has 1 amide bonds. The zero-order valence-electron chi connectivity index (χ0n) is 14.0. The summed E-state index contributed by atoms with van der Waals surface area (Å²) in [7, 11) is 0. The quantitative estimate of drug-likeness (QED) is 0.720. The molecule has 0 unspecified atom stereocenters. The maximum absolute atomic E-state index is 12.6. The van der Waals surface area contributed by atoms with Crippen LogP contribution in [0.15, 0.2) is 36.7 Å². The van der Waals surface area contributed by atoms with Crippen molar-refractivity contribution in [3.05, 3.63) is 42.5 Å². The number of aryl methyl sites for hydroxylation is 1. The number of rotatable bonds is 7. The molecule has 0 saturated heterocycles. The number of nitrogens with one attached hydrogen (secondary N) is 1. The highest BCUT2D eigenvalue weighted by Crippen LogP contribution is 2.22. The van der Waals surface area contributed by atoms with Gasteiger partial charge in [0.15, 0.2) is 0 Å². The molecule has 0 fully saturated rings. The Balaban J connectivity index is 1.75. The summed E-state index contributed by atoms with van der Waals surface area (Å²) >= 11 is 0. The van der Waals surface area contributed by atoms with E-state index in [-0.39, 0.29) is 11.9 Å². The first-order chi connectivity index (χ1) is 11.7. The maximum atomic E-state index is 12.6. The van der Waals surface area contributed by atoms with Gasteiger partial charge in [-0.1, -0.05) is 24.3 Å². The van der Waals surface area contributed by atoms with Crippen LogP contribution in [-0.4, -0.2) is 37.0 Å². The maximum Gasteiger partial charge on any atom is 0.242 e. The summed E-state index contributed by atoms with van der Waals surface area (Å²) in [6.45, 7) is 5.15. The van der Waals surface area contributed by atoms with E-state index in [1.807, 2.05) is 35.8 Å². The Morgan fingerprint density at radius 3 is 2.92 bits per heavy atom. The average molecular weight is 326 g/mol. The lowest BCUT2D eigenvalue weighted by atomic mass is 10.2. The number of carbonyl (C=O) groups is 1. The van der Waals surface area contributed by atoms with E-state index < -0.39 is 0 Å². The number of carbonyl (C=O) groups excluding carboxylic acids is 1. The molecule has 126 valence electrons. The third kappa shape index (κ3) is 3.29. The van der Waals surface area contributed by atoms with E-state index in [9.17, 15) is 4.79 Å². The molecule has 3 rings (SSSR count). The lowest BCUT2D eigenvalue weighted by Crippen LogP contribution is -2.34. The first-order valence-electron chi connectivity index (χ1n) is 8.28. The van der Waals surface area contributed by atoms with E-state index in [2.05, 4.69) is 27.5 Å². The highest BCUT2D eigenvalue weighted by atomic mass is 16.2. The van der Waals surface area contributed by atoms with E-state index >= 15 is 0 Å². The fraction of sp³-hybridized carbons (Fsp3) is 0.412. The Morgan fingerprint density at radius 1 is 1.33 bits per heavy atom. The minimum Gasteiger partial charge on any atom is -0.352 e. The lowest BCUT2D eigenvalue weighted by Gasteiger charge is -2.17. The molecular weight excluding hydrogens is 304 g/mol. The number of benzene rings is 1. The van der Waals surface area contributed by atoms with E-state index in [1.165, 1.54) is 0 Å². The molecule has 3 aromatic rings. The van der Waals surface area contributed by atoms with Crippen molar-refractivity contribution < 1.29 is 4.79 Å². The standard InChI is InChI=1S/C17H22N6O/c1-3-6-16-20-14-7-4-5-8-15(14)23(16)13(2)17(24)18-9-11-22-12-10-19-21-22/h4-5,7-8,10,12-13H,3,6,9,11H2,1-2H3,(H,18,24)/t13-/m1/s1. The Morgan fingerprint density at radius 2 is 2.17 bits per heavy atom. The Bertz CT molecular complexity index is 808. The van der Waals surface area contributed by atoms with Gasteiger partial charge >= 0.3 is 0 Å². The summed E-state index contributed by atoms with van der Waals surface area (Å²) in [6, 6.07) is 7.64. The number of hydrogen-bond acceptors (Lipinski definition) is 4. The Hall–Kier alpha value is -2.70. The molecule has 2 heterocycles. The Labute approximate surface area is 140 Å². The molecular formula is C17H22N6O. The summed E-state index contributed by atoms with van der Waals surface area (Å²) in [5, 5.41) is 10.6. The van der Waals surface area contributed by atoms with Crippen LogP contribution < -0.4 is 5.32 Å². The second-order valence-corrected chi connectivity index (χ2v) is 5.77. The molecule has 0 spiro atoms. The third-order valence-electron chi connectivity index (χ3n) is 4.02. The minimum absolute atomic E-state index is 0.0179. The summed E-state index contributed by atoms with van der Waals surface area (Å²) in [5.74, 6) is 0.938. The molecule has 1 atom stereocenters. The molecule has 0 aliphatic heterocycles. The largest absolute Gasteiger partial charge is 0.352 e. The van der Waals surface area contributed by atoms with Gasteiger partial charge in [-0.25, -0.2) is 4.98 Å². The van der Waals surface area contributed by atoms with Crippen molar-refractivity contribution >= 4 is 16.9 Å². The second-order valence-electron chi connectivity index (χ2n) is 5.77. The number of imidazole rings is 1. The topological polar surface area (TPSA) is 77.6 Å². The van der Waals surface area contributed by atoms with Gasteiger partial charge in [0.1, 0.15) is 11.9 Å². The molecule has 7 nitrogen and oxygen atoms in total. The molecule has 24 heavy (non-hydrogen) atoms. The number of fused-ring (bicyclic) bond motifs is 1. The minimum atomic E-state index is -0.310. The van der Waals surface area contributed by atoms with Crippen LogP contribution in [0, 0.1) is 0 Å². The van der Waals surface area contributed by atoms with Crippen molar-refractivity contribution in [2.45, 2.75) is 39.3 Å². The summed E-state index contributed by atoms with van der Waals surface area (Å²) in [6.07, 6.45) is 5.24. The lowest BCUT2D eigenvalue weighted by molar-refractivity contribution is -0.123. The van der Waals surface area contributed by atoms with Crippen LogP contribution in [0.25, 0.3) is 11.0 Å². The number of aromatic nitrogens is 5. The van der Waals surface area contributed by atoms with Crippen molar-refractivity contribution in [1.82, 2.24) is 29.9 Å². The normalized spacial score (nSPS) is 12.4. The fourth-order valence-corrected chi connectivity index (χ4v) is 2.84. The van der Waals surface area contributed by atoms with Crippen LogP contribution >= 0.6 is 0 Å². The van der Waals surface area contributed by atoms with Crippen molar-refractivity contribution in [2.75, 3.05) is 6.54 Å². The molecule has 0 aliphatic carbocycles. The summed E-state index contributed by atoms with van der Waals surface area (Å²) in [5.41, 5.74) is 1.93. The van der Waals surface area contributed by atoms with Gasteiger partial charge in [0.25, 0.3) is 0 Å². The Kier molecular flexibility index (Phi) is 4.88. The summed E-state index contributed by atoms with van der Waals surface area (Å²) < 4.78 is 3.74. The van der Waals surface area contributed by atoms with Crippen molar-refractivity contribution in [3.63, 3.8) is 0 Å². The van der Waals surface area contributed by atoms with Crippen molar-refractivity contribution in [2.24, 2.45) is 0 Å². The summed E-state index contributed by atoms with van der Waals surface area (Å²) in [4.78, 5) is 17.3. The van der Waals surface area contributed by atoms with Crippen LogP contribution in [0.3, 0.4) is 0 Å². The monoisotopic (exact) mass is 326 g/mol. The van der Waals surface area contributed by atoms with E-state index in [1.54, 1.807) is 17.1 Å². The van der Waals surface area contributed by atoms with Crippen LogP contribution in [0.4, 0.5) is 0 Å². The highest BCUT2D eigenvalue weighted by molar-refractivity contribution is 5.84. The van der Waals surface area contributed by atoms with Crippen molar-refractivity contribution in [1.29, 1.82) is 0 Å². The number of nitrogens with zero attached hydrogens (tertiary/aromatic N) is 5. The first kappa shape index (κ1) is 16.2. The van der Waals surface area contributed by atoms with Gasteiger partial charge in [-0.2, -0.15) is 0 Å². The zero-order valence-corrected chi connectivity index (χ0v) is 14.0. The molecule has 2 aromatic heterocycles.